The molecule has 6 nitrogen and oxygen atoms in total. The van der Waals surface area contributed by atoms with Gasteiger partial charge in [-0.05, 0) is 103 Å². The number of carbonyl (C=O) groups is 3. The van der Waals surface area contributed by atoms with Crippen molar-refractivity contribution in [3.05, 3.63) is 146 Å². The van der Waals surface area contributed by atoms with Crippen molar-refractivity contribution in [1.82, 2.24) is 0 Å². The summed E-state index contributed by atoms with van der Waals surface area (Å²) in [5.41, 5.74) is 0. The fourth-order valence-electron chi connectivity index (χ4n) is 7.09. The molecule has 0 amide bonds. The van der Waals surface area contributed by atoms with Gasteiger partial charge in [0.2, 0.25) is 0 Å². The molecule has 0 radical (unpaired) electrons. The SMILES string of the molecule is CC\C=C/C=C\C=C/C=C\C=C\C=C/CCCCCC(=O)OC(COC(=O)CCC/C=C\C/C=C\C/C=C\C/C=C\C/C=C\CC)COC(=O)CCCCCCC/C=C\CCCCCCCCCCC. The first kappa shape index (κ1) is 65.3. The summed E-state index contributed by atoms with van der Waals surface area (Å²) in [7, 11) is 0. The molecule has 1 unspecified atom stereocenters. The lowest BCUT2D eigenvalue weighted by Crippen LogP contribution is -2.30. The Morgan fingerprint density at radius 1 is 0.314 bits per heavy atom. The van der Waals surface area contributed by atoms with Crippen molar-refractivity contribution in [3.8, 4) is 0 Å². The van der Waals surface area contributed by atoms with Gasteiger partial charge in [-0.25, -0.2) is 0 Å². The third kappa shape index (κ3) is 54.2. The van der Waals surface area contributed by atoms with Crippen LogP contribution in [-0.4, -0.2) is 37.2 Å². The van der Waals surface area contributed by atoms with Crippen LogP contribution in [0.15, 0.2) is 146 Å². The fraction of sp³-hybridized carbons (Fsp3) is 0.578. The Hall–Kier alpha value is -4.71. The highest BCUT2D eigenvalue weighted by atomic mass is 16.6. The summed E-state index contributed by atoms with van der Waals surface area (Å²) < 4.78 is 16.8. The van der Waals surface area contributed by atoms with Gasteiger partial charge in [0.25, 0.3) is 0 Å². The topological polar surface area (TPSA) is 78.9 Å². The number of hydrogen-bond donors (Lipinski definition) is 0. The van der Waals surface area contributed by atoms with Crippen LogP contribution < -0.4 is 0 Å². The molecule has 0 aromatic rings. The monoisotopic (exact) mass is 965 g/mol. The van der Waals surface area contributed by atoms with Gasteiger partial charge in [-0.1, -0.05) is 244 Å². The van der Waals surface area contributed by atoms with Gasteiger partial charge in [0, 0.05) is 19.3 Å². The average molecular weight is 965 g/mol. The lowest BCUT2D eigenvalue weighted by molar-refractivity contribution is -0.167. The second-order valence-electron chi connectivity index (χ2n) is 17.9. The van der Waals surface area contributed by atoms with Gasteiger partial charge in [0.05, 0.1) is 0 Å². The van der Waals surface area contributed by atoms with E-state index in [-0.39, 0.29) is 44.0 Å². The van der Waals surface area contributed by atoms with Gasteiger partial charge in [-0.3, -0.25) is 14.4 Å². The Morgan fingerprint density at radius 3 is 1.13 bits per heavy atom. The van der Waals surface area contributed by atoms with Crippen molar-refractivity contribution in [3.63, 3.8) is 0 Å². The maximum atomic E-state index is 12.8. The lowest BCUT2D eigenvalue weighted by atomic mass is 10.1. The Bertz CT molecular complexity index is 1580. The molecule has 0 aromatic carbocycles. The van der Waals surface area contributed by atoms with Crippen molar-refractivity contribution in [2.75, 3.05) is 13.2 Å². The molecule has 0 saturated heterocycles. The molecular weight excluding hydrogens is 865 g/mol. The number of allylic oxidation sites excluding steroid dienone is 24. The van der Waals surface area contributed by atoms with Crippen LogP contribution in [0.25, 0.3) is 0 Å². The maximum Gasteiger partial charge on any atom is 0.306 e. The van der Waals surface area contributed by atoms with Gasteiger partial charge >= 0.3 is 17.9 Å². The van der Waals surface area contributed by atoms with E-state index in [0.29, 0.717) is 19.3 Å². The van der Waals surface area contributed by atoms with Crippen molar-refractivity contribution in [2.45, 2.75) is 226 Å². The number of unbranched alkanes of at least 4 members (excludes halogenated alkanes) is 18. The van der Waals surface area contributed by atoms with Crippen LogP contribution in [0, 0.1) is 0 Å². The zero-order valence-electron chi connectivity index (χ0n) is 44.7. The molecule has 0 aliphatic rings. The Labute approximate surface area is 429 Å². The predicted octanol–water partition coefficient (Wildman–Crippen LogP) is 18.8. The molecule has 0 heterocycles. The molecule has 0 saturated carbocycles. The van der Waals surface area contributed by atoms with Crippen LogP contribution in [0.3, 0.4) is 0 Å². The van der Waals surface area contributed by atoms with Gasteiger partial charge in [-0.15, -0.1) is 0 Å². The van der Waals surface area contributed by atoms with E-state index in [0.717, 1.165) is 96.3 Å². The van der Waals surface area contributed by atoms with Crippen molar-refractivity contribution in [2.24, 2.45) is 0 Å². The summed E-state index contributed by atoms with van der Waals surface area (Å²) in [5, 5.41) is 0. The third-order valence-electron chi connectivity index (χ3n) is 11.2. The molecule has 392 valence electrons. The van der Waals surface area contributed by atoms with Crippen molar-refractivity contribution >= 4 is 17.9 Å². The van der Waals surface area contributed by atoms with Crippen LogP contribution in [0.1, 0.15) is 220 Å². The molecule has 0 aliphatic heterocycles. The summed E-state index contributed by atoms with van der Waals surface area (Å²) in [6.07, 6.45) is 81.2. The number of carbonyl (C=O) groups excluding carboxylic acids is 3. The molecule has 0 spiro atoms. The van der Waals surface area contributed by atoms with Crippen LogP contribution in [-0.2, 0) is 28.6 Å². The lowest BCUT2D eigenvalue weighted by Gasteiger charge is -2.18. The first-order valence-corrected chi connectivity index (χ1v) is 27.9. The molecule has 0 aromatic heterocycles. The quantitative estimate of drug-likeness (QED) is 0.0199. The number of ether oxygens (including phenoxy) is 3. The highest BCUT2D eigenvalue weighted by Crippen LogP contribution is 2.13. The zero-order chi connectivity index (χ0) is 50.7. The van der Waals surface area contributed by atoms with Crippen molar-refractivity contribution in [1.29, 1.82) is 0 Å². The van der Waals surface area contributed by atoms with E-state index in [1.807, 2.05) is 60.8 Å². The van der Waals surface area contributed by atoms with Gasteiger partial charge < -0.3 is 14.2 Å². The first-order valence-electron chi connectivity index (χ1n) is 27.9. The summed E-state index contributed by atoms with van der Waals surface area (Å²) in [5.74, 6) is -1.04. The van der Waals surface area contributed by atoms with Crippen LogP contribution in [0.4, 0.5) is 0 Å². The van der Waals surface area contributed by atoms with E-state index in [2.05, 4.69) is 106 Å². The zero-order valence-corrected chi connectivity index (χ0v) is 44.7. The molecule has 1 atom stereocenters. The van der Waals surface area contributed by atoms with E-state index in [4.69, 9.17) is 14.2 Å². The van der Waals surface area contributed by atoms with E-state index in [1.165, 1.54) is 70.6 Å². The first-order chi connectivity index (χ1) is 34.5. The highest BCUT2D eigenvalue weighted by molar-refractivity contribution is 5.71. The average Bonchev–Trinajstić information content (AvgIpc) is 3.36. The minimum atomic E-state index is -0.835. The highest BCUT2D eigenvalue weighted by Gasteiger charge is 2.19. The Morgan fingerprint density at radius 2 is 0.643 bits per heavy atom. The standard InChI is InChI=1S/C64H100O6/c1-4-7-10-13-16-19-22-25-28-31-34-36-39-42-45-48-51-54-57-63(66)69-60-61(70-64(67)58-55-52-49-46-43-40-37-33-30-27-24-21-18-15-12-9-6-3)59-68-62(65)56-53-50-47-44-41-38-35-32-29-26-23-20-17-14-11-8-5-2/h8-9,11-12,15,17-18,20-21,24,26-27,29-30,33-38,40,43-44,47,61H,4-7,10,13-14,16,19,22-23,25,28,31-32,39,41-42,45-46,48-60H2,1-3H3/b11-8-,12-9-,18-15-,20-17-,24-21-,29-26-,30-27-,36-34-,37-33+,38-35-,43-40-,47-44-. The molecule has 0 N–H and O–H groups in total. The minimum absolute atomic E-state index is 0.124. The molecule has 0 rings (SSSR count). The van der Waals surface area contributed by atoms with E-state index in [1.54, 1.807) is 0 Å². The van der Waals surface area contributed by atoms with Crippen LogP contribution >= 0.6 is 0 Å². The fourth-order valence-corrected chi connectivity index (χ4v) is 7.09. The molecule has 6 heteroatoms. The Kier molecular flexibility index (Phi) is 53.0. The predicted molar refractivity (Wildman–Crippen MR) is 302 cm³/mol. The summed E-state index contributed by atoms with van der Waals surface area (Å²) >= 11 is 0. The van der Waals surface area contributed by atoms with Crippen molar-refractivity contribution < 1.29 is 28.6 Å². The van der Waals surface area contributed by atoms with Gasteiger partial charge in [0.15, 0.2) is 6.10 Å². The second kappa shape index (κ2) is 56.9. The third-order valence-corrected chi connectivity index (χ3v) is 11.2. The molecule has 70 heavy (non-hydrogen) atoms. The number of hydrogen-bond acceptors (Lipinski definition) is 6. The van der Waals surface area contributed by atoms with E-state index in [9.17, 15) is 14.4 Å². The van der Waals surface area contributed by atoms with Gasteiger partial charge in [-0.2, -0.15) is 0 Å². The normalized spacial score (nSPS) is 13.2. The largest absolute Gasteiger partial charge is 0.462 e. The number of rotatable bonds is 48. The molecule has 0 bridgehead atoms. The summed E-state index contributed by atoms with van der Waals surface area (Å²) in [6.45, 7) is 6.27. The van der Waals surface area contributed by atoms with E-state index < -0.39 is 6.10 Å². The maximum absolute atomic E-state index is 12.8. The van der Waals surface area contributed by atoms with Crippen LogP contribution in [0.2, 0.25) is 0 Å². The molecule has 0 fully saturated rings. The summed E-state index contributed by atoms with van der Waals surface area (Å²) in [6, 6.07) is 0. The minimum Gasteiger partial charge on any atom is -0.462 e. The summed E-state index contributed by atoms with van der Waals surface area (Å²) in [4.78, 5) is 38.1. The molecular formula is C64H100O6. The second-order valence-corrected chi connectivity index (χ2v) is 17.9. The van der Waals surface area contributed by atoms with Gasteiger partial charge in [0.1, 0.15) is 13.2 Å². The smallest absolute Gasteiger partial charge is 0.306 e. The Balaban J connectivity index is 4.60. The number of esters is 3. The van der Waals surface area contributed by atoms with Crippen LogP contribution in [0.5, 0.6) is 0 Å². The molecule has 0 aliphatic carbocycles. The van der Waals surface area contributed by atoms with E-state index >= 15 is 0 Å².